The number of benzene rings is 1. The van der Waals surface area contributed by atoms with Gasteiger partial charge in [-0.15, -0.1) is 0 Å². The Balaban J connectivity index is 0.00000144. The molecule has 1 unspecified atom stereocenters. The van der Waals surface area contributed by atoms with Crippen molar-refractivity contribution in [1.82, 2.24) is 0 Å². The first-order valence-corrected chi connectivity index (χ1v) is 5.71. The normalized spacial score (nSPS) is 19.2. The van der Waals surface area contributed by atoms with Gasteiger partial charge >= 0.3 is 0 Å². The molecule has 1 heterocycles. The van der Waals surface area contributed by atoms with Gasteiger partial charge < -0.3 is 0 Å². The molecule has 17 heavy (non-hydrogen) atoms. The van der Waals surface area contributed by atoms with E-state index in [0.717, 1.165) is 6.42 Å². The first-order valence-electron chi connectivity index (χ1n) is 4.67. The van der Waals surface area contributed by atoms with Crippen molar-refractivity contribution in [1.29, 1.82) is 0 Å². The van der Waals surface area contributed by atoms with Gasteiger partial charge in [-0.05, 0) is 18.6 Å². The number of hydrogen-bond acceptors (Lipinski definition) is 1. The van der Waals surface area contributed by atoms with E-state index in [9.17, 15) is 22.0 Å². The van der Waals surface area contributed by atoms with E-state index in [4.69, 9.17) is 0 Å². The molecule has 1 fully saturated rings. The quantitative estimate of drug-likeness (QED) is 0.270. The summed E-state index contributed by atoms with van der Waals surface area (Å²) < 4.78 is 65.2. The van der Waals surface area contributed by atoms with Crippen LogP contribution < -0.4 is 0 Å². The number of rotatable bonds is 1. The first-order chi connectivity index (χ1) is 7.54. The largest absolute Gasteiger partial charge is 0.203 e. The van der Waals surface area contributed by atoms with E-state index in [1.807, 2.05) is 0 Å². The Bertz CT molecular complexity index is 402. The van der Waals surface area contributed by atoms with E-state index in [2.05, 4.69) is 0 Å². The van der Waals surface area contributed by atoms with E-state index in [1.165, 1.54) is 11.8 Å². The van der Waals surface area contributed by atoms with Gasteiger partial charge in [0.15, 0.2) is 23.3 Å². The van der Waals surface area contributed by atoms with Gasteiger partial charge in [0.2, 0.25) is 5.82 Å². The Morgan fingerprint density at radius 1 is 0.824 bits per heavy atom. The maximum absolute atomic E-state index is 13.3. The minimum Gasteiger partial charge on any atom is -0.203 e. The zero-order valence-corrected chi connectivity index (χ0v) is 11.3. The van der Waals surface area contributed by atoms with E-state index < -0.39 is 39.9 Å². The summed E-state index contributed by atoms with van der Waals surface area (Å²) in [6, 6.07) is 0. The Hall–Kier alpha value is -0.0397. The standard InChI is InChI=1S/C10H7F5S.Au/c11-6-5(4-2-1-3-16-4)7(12)9(14)10(15)8(6)13;/h4H,1-3H2;. The molecule has 1 aromatic carbocycles. The van der Waals surface area contributed by atoms with Gasteiger partial charge in [0.1, 0.15) is 0 Å². The number of hydrogen-bond donors (Lipinski definition) is 0. The van der Waals surface area contributed by atoms with Crippen molar-refractivity contribution in [2.75, 3.05) is 5.75 Å². The molecule has 0 aromatic heterocycles. The predicted molar refractivity (Wildman–Crippen MR) is 50.7 cm³/mol. The molecule has 1 atom stereocenters. The van der Waals surface area contributed by atoms with Crippen molar-refractivity contribution in [3.8, 4) is 0 Å². The van der Waals surface area contributed by atoms with Crippen molar-refractivity contribution >= 4 is 11.8 Å². The van der Waals surface area contributed by atoms with Crippen LogP contribution >= 0.6 is 11.8 Å². The SMILES string of the molecule is Fc1c(F)c(F)c(C2CCCS2)c(F)c1F.[Au]. The second kappa shape index (κ2) is 5.73. The Morgan fingerprint density at radius 2 is 1.29 bits per heavy atom. The van der Waals surface area contributed by atoms with Crippen molar-refractivity contribution in [2.24, 2.45) is 0 Å². The molecular formula is C10H7AuF5S. The average molecular weight is 451 g/mol. The van der Waals surface area contributed by atoms with E-state index >= 15 is 0 Å². The summed E-state index contributed by atoms with van der Waals surface area (Å²) in [5.41, 5.74) is -0.682. The van der Waals surface area contributed by atoms with Crippen LogP contribution in [0.15, 0.2) is 0 Å². The van der Waals surface area contributed by atoms with Crippen LogP contribution in [0.2, 0.25) is 0 Å². The molecule has 1 radical (unpaired) electrons. The molecule has 1 saturated heterocycles. The van der Waals surface area contributed by atoms with Crippen LogP contribution in [0, 0.1) is 29.1 Å². The van der Waals surface area contributed by atoms with Crippen LogP contribution in [-0.4, -0.2) is 5.75 Å². The summed E-state index contributed by atoms with van der Waals surface area (Å²) in [6.45, 7) is 0. The third kappa shape index (κ3) is 2.54. The van der Waals surface area contributed by atoms with Gasteiger partial charge in [0.25, 0.3) is 0 Å². The van der Waals surface area contributed by atoms with Gasteiger partial charge in [-0.1, -0.05) is 0 Å². The summed E-state index contributed by atoms with van der Waals surface area (Å²) in [6.07, 6.45) is 1.15. The molecule has 0 amide bonds. The second-order valence-electron chi connectivity index (χ2n) is 3.49. The average Bonchev–Trinajstić information content (AvgIpc) is 2.77. The minimum absolute atomic E-state index is 0. The van der Waals surface area contributed by atoms with Gasteiger partial charge in [0, 0.05) is 33.2 Å². The molecular weight excluding hydrogens is 444 g/mol. The summed E-state index contributed by atoms with van der Waals surface area (Å²) in [7, 11) is 0. The molecule has 99 valence electrons. The van der Waals surface area contributed by atoms with Crippen LogP contribution in [0.4, 0.5) is 22.0 Å². The minimum atomic E-state index is -2.10. The summed E-state index contributed by atoms with van der Waals surface area (Å²) >= 11 is 1.21. The molecule has 0 bridgehead atoms. The fraction of sp³-hybridized carbons (Fsp3) is 0.400. The monoisotopic (exact) mass is 451 g/mol. The Kier molecular flexibility index (Phi) is 5.07. The zero-order chi connectivity index (χ0) is 11.9. The molecule has 0 nitrogen and oxygen atoms in total. The zero-order valence-electron chi connectivity index (χ0n) is 8.30. The smallest absolute Gasteiger partial charge is 0.200 e. The van der Waals surface area contributed by atoms with Crippen molar-refractivity contribution in [3.63, 3.8) is 0 Å². The molecule has 1 aliphatic heterocycles. The Morgan fingerprint density at radius 3 is 1.71 bits per heavy atom. The second-order valence-corrected chi connectivity index (χ2v) is 4.80. The number of thioether (sulfide) groups is 1. The van der Waals surface area contributed by atoms with E-state index in [0.29, 0.717) is 12.2 Å². The van der Waals surface area contributed by atoms with Crippen LogP contribution in [-0.2, 0) is 22.4 Å². The summed E-state index contributed by atoms with van der Waals surface area (Å²) in [5.74, 6) is -8.54. The Labute approximate surface area is 114 Å². The van der Waals surface area contributed by atoms with Crippen LogP contribution in [0.1, 0.15) is 23.7 Å². The van der Waals surface area contributed by atoms with Crippen molar-refractivity contribution in [2.45, 2.75) is 18.1 Å². The van der Waals surface area contributed by atoms with Gasteiger partial charge in [-0.3, -0.25) is 0 Å². The van der Waals surface area contributed by atoms with E-state index in [1.54, 1.807) is 0 Å². The van der Waals surface area contributed by atoms with Crippen LogP contribution in [0.5, 0.6) is 0 Å². The molecule has 0 aliphatic carbocycles. The van der Waals surface area contributed by atoms with E-state index in [-0.39, 0.29) is 22.4 Å². The van der Waals surface area contributed by atoms with Crippen molar-refractivity contribution in [3.05, 3.63) is 34.6 Å². The topological polar surface area (TPSA) is 0 Å². The van der Waals surface area contributed by atoms with Gasteiger partial charge in [0.05, 0.1) is 0 Å². The third-order valence-corrected chi connectivity index (χ3v) is 3.89. The molecule has 0 saturated carbocycles. The molecule has 0 spiro atoms. The van der Waals surface area contributed by atoms with Crippen LogP contribution in [0.25, 0.3) is 0 Å². The maximum atomic E-state index is 13.3. The third-order valence-electron chi connectivity index (χ3n) is 2.50. The summed E-state index contributed by atoms with van der Waals surface area (Å²) in [4.78, 5) is 0. The molecule has 7 heteroatoms. The molecule has 2 rings (SSSR count). The maximum Gasteiger partial charge on any atom is 0.200 e. The predicted octanol–water partition coefficient (Wildman–Crippen LogP) is 3.95. The fourth-order valence-corrected chi connectivity index (χ4v) is 3.03. The molecule has 0 N–H and O–H groups in total. The molecule has 1 aliphatic rings. The first kappa shape index (κ1) is 15.0. The van der Waals surface area contributed by atoms with Gasteiger partial charge in [-0.2, -0.15) is 11.8 Å². The summed E-state index contributed by atoms with van der Waals surface area (Å²) in [5, 5.41) is -0.635. The number of halogens is 5. The fourth-order valence-electron chi connectivity index (χ4n) is 1.71. The van der Waals surface area contributed by atoms with Gasteiger partial charge in [-0.25, -0.2) is 22.0 Å². The van der Waals surface area contributed by atoms with Crippen molar-refractivity contribution < 1.29 is 44.3 Å². The molecule has 1 aromatic rings. The van der Waals surface area contributed by atoms with Crippen LogP contribution in [0.3, 0.4) is 0 Å².